The summed E-state index contributed by atoms with van der Waals surface area (Å²) in [5, 5.41) is 0. The molecule has 0 spiro atoms. The Labute approximate surface area is 118 Å². The molecule has 2 aromatic carbocycles. The van der Waals surface area contributed by atoms with Crippen LogP contribution in [0.1, 0.15) is 22.8 Å². The summed E-state index contributed by atoms with van der Waals surface area (Å²) in [5.41, 5.74) is 2.65. The molecule has 2 rings (SSSR count). The van der Waals surface area contributed by atoms with Crippen LogP contribution in [0, 0.1) is 0 Å². The van der Waals surface area contributed by atoms with Gasteiger partial charge in [0.2, 0.25) is 0 Å². The summed E-state index contributed by atoms with van der Waals surface area (Å²) in [4.78, 5) is 16.0. The van der Waals surface area contributed by atoms with Crippen LogP contribution in [0.5, 0.6) is 0 Å². The molecule has 0 bridgehead atoms. The molecule has 0 heterocycles. The van der Waals surface area contributed by atoms with Gasteiger partial charge in [-0.25, -0.2) is 4.79 Å². The molecule has 0 radical (unpaired) electrons. The number of hydrogen-bond acceptors (Lipinski definition) is 3. The van der Waals surface area contributed by atoms with E-state index in [1.165, 1.54) is 5.56 Å². The van der Waals surface area contributed by atoms with Crippen LogP contribution in [0.15, 0.2) is 59.6 Å². The van der Waals surface area contributed by atoms with E-state index in [-0.39, 0.29) is 12.6 Å². The van der Waals surface area contributed by atoms with Crippen molar-refractivity contribution in [2.45, 2.75) is 13.3 Å². The Morgan fingerprint density at radius 1 is 1.10 bits per heavy atom. The highest BCUT2D eigenvalue weighted by molar-refractivity contribution is 5.90. The van der Waals surface area contributed by atoms with Crippen molar-refractivity contribution in [2.24, 2.45) is 4.99 Å². The first-order valence-electron chi connectivity index (χ1n) is 6.64. The maximum absolute atomic E-state index is 11.7. The Bertz CT molecular complexity index is 591. The maximum atomic E-state index is 11.7. The minimum Gasteiger partial charge on any atom is -0.456 e. The van der Waals surface area contributed by atoms with Crippen LogP contribution >= 0.6 is 0 Å². The van der Waals surface area contributed by atoms with Crippen molar-refractivity contribution in [3.63, 3.8) is 0 Å². The van der Waals surface area contributed by atoms with E-state index in [2.05, 4.69) is 11.9 Å². The number of nitrogens with zero attached hydrogens (tertiary/aromatic N) is 1. The van der Waals surface area contributed by atoms with Gasteiger partial charge in [-0.3, -0.25) is 4.99 Å². The van der Waals surface area contributed by atoms with E-state index in [4.69, 9.17) is 4.74 Å². The highest BCUT2D eigenvalue weighted by Crippen LogP contribution is 2.18. The Hall–Kier alpha value is -2.42. The third-order valence-corrected chi connectivity index (χ3v) is 2.90. The summed E-state index contributed by atoms with van der Waals surface area (Å²) in [6.07, 6.45) is 2.55. The van der Waals surface area contributed by atoms with Gasteiger partial charge in [0.1, 0.15) is 6.61 Å². The van der Waals surface area contributed by atoms with Gasteiger partial charge in [-0.15, -0.1) is 0 Å². The van der Waals surface area contributed by atoms with Crippen molar-refractivity contribution >= 4 is 17.9 Å². The maximum Gasteiger partial charge on any atom is 0.338 e. The number of benzene rings is 2. The topological polar surface area (TPSA) is 38.7 Å². The van der Waals surface area contributed by atoms with E-state index in [0.717, 1.165) is 12.1 Å². The lowest BCUT2D eigenvalue weighted by Gasteiger charge is -2.03. The predicted molar refractivity (Wildman–Crippen MR) is 80.7 cm³/mol. The molecule has 0 N–H and O–H groups in total. The highest BCUT2D eigenvalue weighted by Gasteiger charge is 2.04. The first-order chi connectivity index (χ1) is 9.81. The van der Waals surface area contributed by atoms with Gasteiger partial charge in [-0.2, -0.15) is 0 Å². The van der Waals surface area contributed by atoms with Crippen molar-refractivity contribution < 1.29 is 9.53 Å². The summed E-state index contributed by atoms with van der Waals surface area (Å²) in [6, 6.07) is 16.9. The molecule has 0 aliphatic rings. The molecular formula is C17H17NO2. The highest BCUT2D eigenvalue weighted by atomic mass is 16.5. The molecule has 20 heavy (non-hydrogen) atoms. The molecule has 0 aromatic heterocycles. The number of carbonyl (C=O) groups is 1. The van der Waals surface area contributed by atoms with Crippen LogP contribution in [0.4, 0.5) is 5.69 Å². The Balaban J connectivity index is 1.90. The van der Waals surface area contributed by atoms with Gasteiger partial charge in [0.25, 0.3) is 0 Å². The Morgan fingerprint density at radius 2 is 1.80 bits per heavy atom. The molecule has 0 unspecified atom stereocenters. The second kappa shape index (κ2) is 7.24. The standard InChI is InChI=1S/C17H17NO2/c1-2-14-8-6-7-11-16(14)18-12-13-20-17(19)15-9-4-3-5-10-15/h3-12H,2,13H2,1H3. The van der Waals surface area contributed by atoms with Gasteiger partial charge in [-0.05, 0) is 30.2 Å². The van der Waals surface area contributed by atoms with Crippen LogP contribution < -0.4 is 0 Å². The zero-order chi connectivity index (χ0) is 14.2. The molecule has 0 fully saturated rings. The zero-order valence-electron chi connectivity index (χ0n) is 11.5. The first kappa shape index (κ1) is 14.0. The lowest BCUT2D eigenvalue weighted by atomic mass is 10.1. The number of hydrogen-bond donors (Lipinski definition) is 0. The molecule has 0 saturated carbocycles. The molecule has 0 saturated heterocycles. The van der Waals surface area contributed by atoms with Crippen LogP contribution in [0.3, 0.4) is 0 Å². The minimum atomic E-state index is -0.333. The lowest BCUT2D eigenvalue weighted by molar-refractivity contribution is 0.0567. The van der Waals surface area contributed by atoms with Crippen LogP contribution in [-0.4, -0.2) is 18.8 Å². The first-order valence-corrected chi connectivity index (χ1v) is 6.64. The SMILES string of the molecule is CCc1ccccc1N=CCOC(=O)c1ccccc1. The van der Waals surface area contributed by atoms with Gasteiger partial charge in [0.15, 0.2) is 0 Å². The quantitative estimate of drug-likeness (QED) is 0.610. The van der Waals surface area contributed by atoms with Crippen molar-refractivity contribution in [3.8, 4) is 0 Å². The van der Waals surface area contributed by atoms with E-state index in [9.17, 15) is 4.79 Å². The monoisotopic (exact) mass is 267 g/mol. The molecule has 102 valence electrons. The normalized spacial score (nSPS) is 10.7. The van der Waals surface area contributed by atoms with E-state index >= 15 is 0 Å². The summed E-state index contributed by atoms with van der Waals surface area (Å²) in [5.74, 6) is -0.333. The molecule has 0 aliphatic heterocycles. The van der Waals surface area contributed by atoms with Gasteiger partial charge in [0, 0.05) is 6.21 Å². The van der Waals surface area contributed by atoms with E-state index < -0.39 is 0 Å². The molecule has 0 aliphatic carbocycles. The summed E-state index contributed by atoms with van der Waals surface area (Å²) < 4.78 is 5.14. The fourth-order valence-electron chi connectivity index (χ4n) is 1.84. The third kappa shape index (κ3) is 3.79. The minimum absolute atomic E-state index is 0.172. The van der Waals surface area contributed by atoms with E-state index in [1.54, 1.807) is 18.3 Å². The van der Waals surface area contributed by atoms with Crippen LogP contribution in [-0.2, 0) is 11.2 Å². The predicted octanol–water partition coefficient (Wildman–Crippen LogP) is 3.81. The Morgan fingerprint density at radius 3 is 2.55 bits per heavy atom. The van der Waals surface area contributed by atoms with Gasteiger partial charge in [-0.1, -0.05) is 43.3 Å². The van der Waals surface area contributed by atoms with E-state index in [0.29, 0.717) is 5.56 Å². The number of carbonyl (C=O) groups excluding carboxylic acids is 1. The van der Waals surface area contributed by atoms with Gasteiger partial charge < -0.3 is 4.74 Å². The second-order valence-electron chi connectivity index (χ2n) is 4.26. The number of aryl methyl sites for hydroxylation is 1. The van der Waals surface area contributed by atoms with Crippen LogP contribution in [0.2, 0.25) is 0 Å². The molecule has 0 amide bonds. The molecule has 2 aromatic rings. The van der Waals surface area contributed by atoms with Crippen molar-refractivity contribution in [1.82, 2.24) is 0 Å². The number of ether oxygens (including phenoxy) is 1. The fraction of sp³-hybridized carbons (Fsp3) is 0.176. The summed E-state index contributed by atoms with van der Waals surface area (Å²) in [6.45, 7) is 2.26. The largest absolute Gasteiger partial charge is 0.456 e. The number of para-hydroxylation sites is 1. The van der Waals surface area contributed by atoms with Crippen molar-refractivity contribution in [3.05, 3.63) is 65.7 Å². The van der Waals surface area contributed by atoms with Crippen molar-refractivity contribution in [2.75, 3.05) is 6.61 Å². The number of rotatable bonds is 5. The third-order valence-electron chi connectivity index (χ3n) is 2.90. The average Bonchev–Trinajstić information content (AvgIpc) is 2.52. The smallest absolute Gasteiger partial charge is 0.338 e. The average molecular weight is 267 g/mol. The Kier molecular flexibility index (Phi) is 5.07. The van der Waals surface area contributed by atoms with E-state index in [1.807, 2.05) is 42.5 Å². The molecule has 0 atom stereocenters. The second-order valence-corrected chi connectivity index (χ2v) is 4.26. The number of esters is 1. The summed E-state index contributed by atoms with van der Waals surface area (Å²) in [7, 11) is 0. The summed E-state index contributed by atoms with van der Waals surface area (Å²) >= 11 is 0. The molecule has 3 nitrogen and oxygen atoms in total. The lowest BCUT2D eigenvalue weighted by Crippen LogP contribution is -2.06. The van der Waals surface area contributed by atoms with Gasteiger partial charge in [0.05, 0.1) is 11.3 Å². The molecular weight excluding hydrogens is 250 g/mol. The van der Waals surface area contributed by atoms with Crippen molar-refractivity contribution in [1.29, 1.82) is 0 Å². The fourth-order valence-corrected chi connectivity index (χ4v) is 1.84. The number of aliphatic imine (C=N–C) groups is 1. The molecule has 3 heteroatoms. The van der Waals surface area contributed by atoms with Crippen LogP contribution in [0.25, 0.3) is 0 Å². The van der Waals surface area contributed by atoms with Gasteiger partial charge >= 0.3 is 5.97 Å². The zero-order valence-corrected chi connectivity index (χ0v) is 11.5.